The first-order valence-electron chi connectivity index (χ1n) is 11.0. The Balaban J connectivity index is 1.58. The van der Waals surface area contributed by atoms with Crippen LogP contribution in [0.3, 0.4) is 0 Å². The molecule has 3 aromatic rings. The molecule has 0 radical (unpaired) electrons. The van der Waals surface area contributed by atoms with Gasteiger partial charge in [0.2, 0.25) is 0 Å². The Kier molecular flexibility index (Phi) is 7.61. The highest BCUT2D eigenvalue weighted by Crippen LogP contribution is 2.28. The normalized spacial score (nSPS) is 14.6. The van der Waals surface area contributed by atoms with Gasteiger partial charge in [-0.2, -0.15) is 0 Å². The predicted octanol–water partition coefficient (Wildman–Crippen LogP) is 4.91. The first-order valence-corrected chi connectivity index (χ1v) is 12.2. The molecule has 7 nitrogen and oxygen atoms in total. The van der Waals surface area contributed by atoms with Crippen LogP contribution in [0.25, 0.3) is 6.08 Å². The van der Waals surface area contributed by atoms with Crippen LogP contribution in [0.2, 0.25) is 0 Å². The van der Waals surface area contributed by atoms with Gasteiger partial charge in [0.15, 0.2) is 11.7 Å². The van der Waals surface area contributed by atoms with E-state index in [2.05, 4.69) is 26.6 Å². The van der Waals surface area contributed by atoms with E-state index in [1.54, 1.807) is 42.5 Å². The van der Waals surface area contributed by atoms with Crippen LogP contribution in [-0.4, -0.2) is 29.4 Å². The first-order chi connectivity index (χ1) is 17.2. The number of para-hydroxylation sites is 1. The maximum atomic E-state index is 13.3. The Hall–Kier alpha value is -3.82. The van der Waals surface area contributed by atoms with Crippen molar-refractivity contribution in [2.75, 3.05) is 16.8 Å². The van der Waals surface area contributed by atoms with Crippen molar-refractivity contribution >= 4 is 68.4 Å². The second-order valence-electron chi connectivity index (χ2n) is 8.06. The van der Waals surface area contributed by atoms with Crippen LogP contribution in [0, 0.1) is 13.8 Å². The number of amides is 3. The van der Waals surface area contributed by atoms with Gasteiger partial charge in [-0.25, -0.2) is 0 Å². The Labute approximate surface area is 222 Å². The zero-order valence-corrected chi connectivity index (χ0v) is 21.9. The van der Waals surface area contributed by atoms with E-state index in [0.717, 1.165) is 11.1 Å². The molecule has 0 aliphatic carbocycles. The van der Waals surface area contributed by atoms with Crippen molar-refractivity contribution in [1.82, 2.24) is 5.32 Å². The third kappa shape index (κ3) is 5.53. The Morgan fingerprint density at radius 3 is 2.58 bits per heavy atom. The number of anilines is 2. The van der Waals surface area contributed by atoms with Gasteiger partial charge in [-0.3, -0.25) is 24.6 Å². The molecule has 9 heteroatoms. The van der Waals surface area contributed by atoms with Crippen LogP contribution in [0.15, 0.2) is 76.8 Å². The van der Waals surface area contributed by atoms with Crippen LogP contribution >= 0.6 is 28.1 Å². The number of benzene rings is 3. The van der Waals surface area contributed by atoms with E-state index in [4.69, 9.17) is 17.0 Å². The quantitative estimate of drug-likeness (QED) is 0.252. The van der Waals surface area contributed by atoms with Crippen molar-refractivity contribution in [1.29, 1.82) is 0 Å². The van der Waals surface area contributed by atoms with Gasteiger partial charge in [0.1, 0.15) is 11.3 Å². The average molecular weight is 564 g/mol. The van der Waals surface area contributed by atoms with Crippen molar-refractivity contribution in [3.05, 3.63) is 93.5 Å². The van der Waals surface area contributed by atoms with E-state index >= 15 is 0 Å². The van der Waals surface area contributed by atoms with E-state index in [1.807, 2.05) is 38.1 Å². The number of nitrogens with one attached hydrogen (secondary N) is 2. The summed E-state index contributed by atoms with van der Waals surface area (Å²) in [6.45, 7) is 3.64. The number of rotatable bonds is 6. The van der Waals surface area contributed by atoms with Crippen LogP contribution in [0.4, 0.5) is 11.4 Å². The third-order valence-electron chi connectivity index (χ3n) is 5.63. The fourth-order valence-electron chi connectivity index (χ4n) is 3.60. The summed E-state index contributed by atoms with van der Waals surface area (Å²) in [6, 6.07) is 19.6. The largest absolute Gasteiger partial charge is 0.483 e. The lowest BCUT2D eigenvalue weighted by molar-refractivity contribution is -0.122. The van der Waals surface area contributed by atoms with Crippen LogP contribution in [0.5, 0.6) is 5.75 Å². The summed E-state index contributed by atoms with van der Waals surface area (Å²) < 4.78 is 6.49. The summed E-state index contributed by atoms with van der Waals surface area (Å²) in [5.41, 5.74) is 3.62. The van der Waals surface area contributed by atoms with E-state index in [9.17, 15) is 14.4 Å². The van der Waals surface area contributed by atoms with Gasteiger partial charge in [0, 0.05) is 15.7 Å². The Morgan fingerprint density at radius 2 is 1.83 bits per heavy atom. The molecule has 0 spiro atoms. The average Bonchev–Trinajstić information content (AvgIpc) is 2.84. The molecule has 0 atom stereocenters. The number of thiocarbonyl (C=S) groups is 1. The minimum atomic E-state index is -0.615. The molecule has 4 rings (SSSR count). The van der Waals surface area contributed by atoms with Crippen molar-refractivity contribution in [3.63, 3.8) is 0 Å². The molecular weight excluding hydrogens is 542 g/mol. The van der Waals surface area contributed by atoms with Crippen LogP contribution in [0.1, 0.15) is 16.7 Å². The number of nitrogens with zero attached hydrogens (tertiary/aromatic N) is 1. The molecule has 1 saturated heterocycles. The molecule has 1 heterocycles. The monoisotopic (exact) mass is 563 g/mol. The van der Waals surface area contributed by atoms with Crippen molar-refractivity contribution in [2.45, 2.75) is 13.8 Å². The van der Waals surface area contributed by atoms with E-state index in [1.165, 1.54) is 11.0 Å². The number of halogens is 1. The summed E-state index contributed by atoms with van der Waals surface area (Å²) in [7, 11) is 0. The molecule has 0 aromatic heterocycles. The van der Waals surface area contributed by atoms with Gasteiger partial charge in [0.05, 0.1) is 5.69 Å². The minimum Gasteiger partial charge on any atom is -0.483 e. The minimum absolute atomic E-state index is 0.00202. The molecule has 0 saturated carbocycles. The molecule has 3 aromatic carbocycles. The fourth-order valence-corrected chi connectivity index (χ4v) is 4.26. The summed E-state index contributed by atoms with van der Waals surface area (Å²) in [6.07, 6.45) is 1.43. The summed E-state index contributed by atoms with van der Waals surface area (Å²) in [5.74, 6) is -1.18. The maximum Gasteiger partial charge on any atom is 0.270 e. The molecule has 36 heavy (non-hydrogen) atoms. The molecule has 0 unspecified atom stereocenters. The number of carbonyl (C=O) groups excluding carboxylic acids is 3. The number of ether oxygens (including phenoxy) is 1. The smallest absolute Gasteiger partial charge is 0.270 e. The lowest BCUT2D eigenvalue weighted by Crippen LogP contribution is -2.54. The highest BCUT2D eigenvalue weighted by atomic mass is 79.9. The van der Waals surface area contributed by atoms with E-state index in [0.29, 0.717) is 27.2 Å². The molecule has 0 bridgehead atoms. The lowest BCUT2D eigenvalue weighted by atomic mass is 10.1. The van der Waals surface area contributed by atoms with Crippen molar-refractivity contribution < 1.29 is 19.1 Å². The van der Waals surface area contributed by atoms with Gasteiger partial charge < -0.3 is 10.1 Å². The van der Waals surface area contributed by atoms with Gasteiger partial charge >= 0.3 is 0 Å². The highest BCUT2D eigenvalue weighted by Gasteiger charge is 2.34. The van der Waals surface area contributed by atoms with Crippen LogP contribution < -0.4 is 20.3 Å². The number of hydrogen-bond donors (Lipinski definition) is 2. The molecule has 3 amide bonds. The van der Waals surface area contributed by atoms with Gasteiger partial charge in [-0.1, -0.05) is 46.3 Å². The molecule has 182 valence electrons. The summed E-state index contributed by atoms with van der Waals surface area (Å²) in [5, 5.41) is 5.41. The van der Waals surface area contributed by atoms with Crippen molar-refractivity contribution in [2.24, 2.45) is 0 Å². The summed E-state index contributed by atoms with van der Waals surface area (Å²) >= 11 is 8.65. The molecule has 1 aliphatic heterocycles. The topological polar surface area (TPSA) is 87.7 Å². The molecule has 1 fully saturated rings. The van der Waals surface area contributed by atoms with E-state index < -0.39 is 11.8 Å². The zero-order chi connectivity index (χ0) is 25.8. The van der Waals surface area contributed by atoms with Crippen molar-refractivity contribution in [3.8, 4) is 5.75 Å². The van der Waals surface area contributed by atoms with Crippen LogP contribution in [-0.2, 0) is 14.4 Å². The number of carbonyl (C=O) groups is 3. The zero-order valence-electron chi connectivity index (χ0n) is 19.5. The van der Waals surface area contributed by atoms with E-state index in [-0.39, 0.29) is 23.2 Å². The molecular formula is C27H22BrN3O4S. The van der Waals surface area contributed by atoms with Gasteiger partial charge in [-0.15, -0.1) is 0 Å². The third-order valence-corrected chi connectivity index (χ3v) is 6.40. The van der Waals surface area contributed by atoms with Gasteiger partial charge in [-0.05, 0) is 79.7 Å². The second kappa shape index (κ2) is 10.8. The maximum absolute atomic E-state index is 13.3. The molecule has 1 aliphatic rings. The second-order valence-corrected chi connectivity index (χ2v) is 9.36. The SMILES string of the molecule is Cc1cccc(NC(=O)COc2ccc(Br)cc2/C=C2/C(=O)NC(=S)N(c3ccccc3)C2=O)c1C. The lowest BCUT2D eigenvalue weighted by Gasteiger charge is -2.29. The summed E-state index contributed by atoms with van der Waals surface area (Å²) in [4.78, 5) is 39.8. The van der Waals surface area contributed by atoms with Gasteiger partial charge in [0.25, 0.3) is 17.7 Å². The Morgan fingerprint density at radius 1 is 1.08 bits per heavy atom. The first kappa shape index (κ1) is 25.3. The standard InChI is InChI=1S/C27H22BrN3O4S/c1-16-7-6-10-22(17(16)2)29-24(32)15-35-23-12-11-19(28)13-18(23)14-21-25(33)30-27(36)31(26(21)34)20-8-4-3-5-9-20/h3-14H,15H2,1-2H3,(H,29,32)(H,30,33,36)/b21-14-. The molecule has 2 N–H and O–H groups in total. The predicted molar refractivity (Wildman–Crippen MR) is 147 cm³/mol. The Bertz CT molecular complexity index is 1410. The fraction of sp³-hybridized carbons (Fsp3) is 0.111. The number of hydrogen-bond acceptors (Lipinski definition) is 5. The number of aryl methyl sites for hydroxylation is 1. The highest BCUT2D eigenvalue weighted by molar-refractivity contribution is 9.10.